The molecule has 0 saturated heterocycles. The fourth-order valence-corrected chi connectivity index (χ4v) is 12.5. The van der Waals surface area contributed by atoms with Gasteiger partial charge in [0, 0.05) is 50.6 Å². The maximum absolute atomic E-state index is 10.6. The standard InChI is InChI=1S/C69H74BN3O/c1-64(2,3)47-22-27-50(28-23-47)71-57-32-26-49(66(7,8)9)38-55(57)70-61-58(71)39-52(73-56-31-21-44(43-19-15-14-16-20-43)36-54(56)68(12)33-17-18-34-69(68,73)13)40-59(61)72(51-29-24-48(25-30-51)65(4,5)6)62-53-35-45-41-67(10,11)42-46(45)37-60(53)74-63(62)70/h14-16,19-32,35-40H,17-18,33-34,41-42H2,1-13H3/i14D,15D,16D,19D,20D,21D,22D,23D,24D,25D,26D,27D,28D,29D,30D,31D,32D,35D,36D,37D,38D. The van der Waals surface area contributed by atoms with Crippen LogP contribution in [0.15, 0.2) is 143 Å². The van der Waals surface area contributed by atoms with Crippen LogP contribution in [0.1, 0.15) is 178 Å². The first-order valence-electron chi connectivity index (χ1n) is 36.6. The number of anilines is 8. The summed E-state index contributed by atoms with van der Waals surface area (Å²) in [6.45, 7) is 22.6. The molecule has 0 amide bonds. The Morgan fingerprint density at radius 3 is 1.74 bits per heavy atom. The summed E-state index contributed by atoms with van der Waals surface area (Å²) in [6, 6.07) is -6.34. The minimum Gasteiger partial charge on any atom is -0.468 e. The molecule has 1 fully saturated rings. The third-order valence-electron chi connectivity index (χ3n) is 16.6. The Balaban J connectivity index is 1.29. The molecule has 4 heterocycles. The van der Waals surface area contributed by atoms with Crippen LogP contribution in [-0.4, -0.2) is 12.3 Å². The van der Waals surface area contributed by atoms with Gasteiger partial charge in [-0.1, -0.05) is 168 Å². The topological polar surface area (TPSA) is 22.9 Å². The lowest BCUT2D eigenvalue weighted by atomic mass is 9.35. The Kier molecular flexibility index (Phi) is 6.31. The summed E-state index contributed by atoms with van der Waals surface area (Å²) in [5.41, 5.74) is -5.25. The van der Waals surface area contributed by atoms with Gasteiger partial charge in [-0.3, -0.25) is 0 Å². The molecule has 0 radical (unpaired) electrons. The van der Waals surface area contributed by atoms with Gasteiger partial charge in [0.1, 0.15) is 5.58 Å². The van der Waals surface area contributed by atoms with E-state index in [2.05, 4.69) is 0 Å². The van der Waals surface area contributed by atoms with Crippen LogP contribution in [0.3, 0.4) is 0 Å². The van der Waals surface area contributed by atoms with E-state index in [-0.39, 0.29) is 143 Å². The van der Waals surface area contributed by atoms with E-state index < -0.39 is 129 Å². The van der Waals surface area contributed by atoms with Crippen molar-refractivity contribution < 1.29 is 33.2 Å². The van der Waals surface area contributed by atoms with Crippen molar-refractivity contribution in [3.63, 3.8) is 0 Å². The molecule has 2 atom stereocenters. The van der Waals surface area contributed by atoms with Crippen LogP contribution in [0.25, 0.3) is 22.1 Å². The van der Waals surface area contributed by atoms with Crippen LogP contribution in [0.5, 0.6) is 0 Å². The van der Waals surface area contributed by atoms with E-state index in [1.807, 2.05) is 32.6 Å². The summed E-state index contributed by atoms with van der Waals surface area (Å²) in [4.78, 5) is 4.71. The summed E-state index contributed by atoms with van der Waals surface area (Å²) in [7, 11) is 0. The zero-order valence-electron chi connectivity index (χ0n) is 65.7. The molecular weight excluding hydrogens is 898 g/mol. The van der Waals surface area contributed by atoms with Crippen LogP contribution in [-0.2, 0) is 34.5 Å². The van der Waals surface area contributed by atoms with Gasteiger partial charge < -0.3 is 19.1 Å². The minimum absolute atomic E-state index is 0.00302. The number of fused-ring (bicyclic) bond motifs is 10. The van der Waals surface area contributed by atoms with Gasteiger partial charge >= 0.3 is 0 Å². The fourth-order valence-electron chi connectivity index (χ4n) is 12.5. The van der Waals surface area contributed by atoms with Crippen LogP contribution >= 0.6 is 0 Å². The summed E-state index contributed by atoms with van der Waals surface area (Å²) in [5.74, 6) is 0. The fraction of sp³-hybridized carbons (Fsp3) is 0.362. The van der Waals surface area contributed by atoms with Crippen molar-refractivity contribution in [1.29, 1.82) is 0 Å². The van der Waals surface area contributed by atoms with Gasteiger partial charge in [0.2, 0.25) is 0 Å². The quantitative estimate of drug-likeness (QED) is 0.164. The molecular formula is C69H74BN3O. The number of benzene rings is 7. The molecule has 74 heavy (non-hydrogen) atoms. The normalized spacial score (nSPS) is 24.5. The van der Waals surface area contributed by atoms with Crippen molar-refractivity contribution in [1.82, 2.24) is 0 Å². The first-order valence-corrected chi connectivity index (χ1v) is 26.1. The first-order chi connectivity index (χ1) is 43.8. The molecule has 1 aromatic heterocycles. The molecule has 4 nitrogen and oxygen atoms in total. The van der Waals surface area contributed by atoms with Gasteiger partial charge in [-0.15, -0.1) is 0 Å². The molecule has 5 aliphatic rings. The summed E-state index contributed by atoms with van der Waals surface area (Å²) in [6.07, 6.45) is 2.75. The van der Waals surface area contributed by atoms with E-state index in [1.54, 1.807) is 74.4 Å². The van der Waals surface area contributed by atoms with Crippen molar-refractivity contribution in [2.24, 2.45) is 5.41 Å². The van der Waals surface area contributed by atoms with Gasteiger partial charge in [-0.2, -0.15) is 0 Å². The van der Waals surface area contributed by atoms with Crippen LogP contribution < -0.4 is 31.3 Å². The molecule has 374 valence electrons. The molecule has 2 aliphatic carbocycles. The average Bonchev–Trinajstić information content (AvgIpc) is 1.63. The lowest BCUT2D eigenvalue weighted by Gasteiger charge is -2.51. The van der Waals surface area contributed by atoms with Gasteiger partial charge in [-0.25, -0.2) is 0 Å². The summed E-state index contributed by atoms with van der Waals surface area (Å²) >= 11 is 0. The molecule has 7 aromatic carbocycles. The van der Waals surface area contributed by atoms with Crippen molar-refractivity contribution in [2.75, 3.05) is 14.7 Å². The van der Waals surface area contributed by atoms with E-state index in [0.717, 1.165) is 0 Å². The highest BCUT2D eigenvalue weighted by Gasteiger charge is 2.58. The molecule has 0 bridgehead atoms. The highest BCUT2D eigenvalue weighted by molar-refractivity contribution is 7.00. The largest absolute Gasteiger partial charge is 0.468 e. The minimum atomic E-state index is -1.39. The number of rotatable bonds is 4. The molecule has 13 rings (SSSR count). The highest BCUT2D eigenvalue weighted by atomic mass is 16.3. The predicted octanol–water partition coefficient (Wildman–Crippen LogP) is 16.9. The average molecular weight is 993 g/mol. The van der Waals surface area contributed by atoms with Crippen molar-refractivity contribution in [3.05, 3.63) is 172 Å². The van der Waals surface area contributed by atoms with Gasteiger partial charge in [-0.05, 0) is 176 Å². The van der Waals surface area contributed by atoms with Crippen LogP contribution in [0, 0.1) is 5.41 Å². The maximum atomic E-state index is 10.6. The van der Waals surface area contributed by atoms with Crippen molar-refractivity contribution in [2.45, 2.75) is 156 Å². The van der Waals surface area contributed by atoms with E-state index >= 15 is 0 Å². The second-order valence-corrected chi connectivity index (χ2v) is 25.6. The first kappa shape index (κ1) is 29.6. The molecule has 0 spiro atoms. The lowest BCUT2D eigenvalue weighted by molar-refractivity contribution is 0.195. The van der Waals surface area contributed by atoms with E-state index in [9.17, 15) is 21.9 Å². The predicted molar refractivity (Wildman–Crippen MR) is 316 cm³/mol. The Morgan fingerprint density at radius 2 is 1.11 bits per heavy atom. The second kappa shape index (κ2) is 15.8. The molecule has 2 unspecified atom stereocenters. The van der Waals surface area contributed by atoms with E-state index in [0.29, 0.717) is 49.7 Å². The third-order valence-corrected chi connectivity index (χ3v) is 16.6. The number of hydrogen-bond donors (Lipinski definition) is 0. The second-order valence-electron chi connectivity index (χ2n) is 25.6. The van der Waals surface area contributed by atoms with Gasteiger partial charge in [0.05, 0.1) is 45.7 Å². The Bertz CT molecular complexity index is 4780. The maximum Gasteiger partial charge on any atom is 0.297 e. The van der Waals surface area contributed by atoms with Crippen LogP contribution in [0.2, 0.25) is 0 Å². The summed E-state index contributed by atoms with van der Waals surface area (Å²) in [5, 5.41) is 0.0765. The van der Waals surface area contributed by atoms with Gasteiger partial charge in [0.25, 0.3) is 6.71 Å². The Morgan fingerprint density at radius 1 is 0.541 bits per heavy atom. The zero-order valence-corrected chi connectivity index (χ0v) is 44.7. The molecule has 1 saturated carbocycles. The molecule has 5 heteroatoms. The van der Waals surface area contributed by atoms with E-state index in [4.69, 9.17) is 11.3 Å². The Hall–Kier alpha value is -6.46. The monoisotopic (exact) mass is 993 g/mol. The third kappa shape index (κ3) is 7.00. The highest BCUT2D eigenvalue weighted by Crippen LogP contribution is 2.62. The number of furan rings is 1. The molecule has 3 aliphatic heterocycles. The summed E-state index contributed by atoms with van der Waals surface area (Å²) < 4.78 is 214. The Labute approximate surface area is 471 Å². The van der Waals surface area contributed by atoms with Gasteiger partial charge in [0.15, 0.2) is 0 Å². The smallest absolute Gasteiger partial charge is 0.297 e. The van der Waals surface area contributed by atoms with Crippen LogP contribution in [0.4, 0.5) is 45.5 Å². The lowest BCUT2D eigenvalue weighted by Crippen LogP contribution is -2.61. The SMILES string of the molecule is [2H]c1c([2H])c([2H])c(-c2c([2H])c([2H])c3c(c2[2H])C2(C)CCCCC2(C)N3c2cc3c4c(c2)N(c2c([2H])c([2H])c(C(C)(C)C)c([2H])c2[2H])c2c(oc5c([2H])c6c(c([2H])c25)CC(C)(C)C6)B4c2c([2H])c(C(C)(C)C)c([2H])c([2H])c2N3c2c([2H])c([2H])c(C(C)(C)C)c([2H])c2[2H])c([2H])c1[2H]. The van der Waals surface area contributed by atoms with Crippen molar-refractivity contribution >= 4 is 79.8 Å². The zero-order chi connectivity index (χ0) is 69.9. The van der Waals surface area contributed by atoms with E-state index in [1.165, 1.54) is 9.80 Å². The molecule has 0 N–H and O–H groups in total. The number of hydrogen-bond acceptors (Lipinski definition) is 4. The molecule has 8 aromatic rings. The number of nitrogens with zero attached hydrogens (tertiary/aromatic N) is 3. The van der Waals surface area contributed by atoms with Crippen molar-refractivity contribution in [3.8, 4) is 11.1 Å².